The number of anilines is 1. The van der Waals surface area contributed by atoms with Crippen molar-refractivity contribution in [3.63, 3.8) is 0 Å². The number of thiazole rings is 1. The normalized spacial score (nSPS) is 15.5. The van der Waals surface area contributed by atoms with Gasteiger partial charge in [-0.2, -0.15) is 0 Å². The SMILES string of the molecule is c1nc2c(s1)SSN2. The van der Waals surface area contributed by atoms with Crippen LogP contribution < -0.4 is 4.72 Å². The van der Waals surface area contributed by atoms with Crippen LogP contribution in [0.25, 0.3) is 0 Å². The summed E-state index contributed by atoms with van der Waals surface area (Å²) >= 11 is 1.68. The molecule has 0 aromatic carbocycles. The number of hydrogen-bond donors (Lipinski definition) is 1. The van der Waals surface area contributed by atoms with Gasteiger partial charge in [-0.25, -0.2) is 4.98 Å². The summed E-state index contributed by atoms with van der Waals surface area (Å²) in [5.41, 5.74) is 1.85. The summed E-state index contributed by atoms with van der Waals surface area (Å²) in [6.45, 7) is 0. The predicted molar refractivity (Wildman–Crippen MR) is 39.2 cm³/mol. The van der Waals surface area contributed by atoms with Crippen LogP contribution >= 0.6 is 33.1 Å². The van der Waals surface area contributed by atoms with Crippen molar-refractivity contribution in [3.05, 3.63) is 5.51 Å². The molecule has 2 nitrogen and oxygen atoms in total. The van der Waals surface area contributed by atoms with Crippen molar-refractivity contribution in [1.82, 2.24) is 4.98 Å². The van der Waals surface area contributed by atoms with E-state index in [1.165, 1.54) is 4.21 Å². The molecule has 0 saturated heterocycles. The molecular formula is C3H2N2S3. The summed E-state index contributed by atoms with van der Waals surface area (Å²) in [7, 11) is 3.36. The molecule has 0 amide bonds. The van der Waals surface area contributed by atoms with Crippen LogP contribution in [0, 0.1) is 0 Å². The Bertz CT molecular complexity index is 178. The second kappa shape index (κ2) is 1.82. The minimum atomic E-state index is 1.03. The van der Waals surface area contributed by atoms with Crippen LogP contribution in [0.15, 0.2) is 9.72 Å². The molecule has 0 unspecified atom stereocenters. The van der Waals surface area contributed by atoms with Gasteiger partial charge in [-0.3, -0.25) is 0 Å². The summed E-state index contributed by atoms with van der Waals surface area (Å²) in [6.07, 6.45) is 0. The van der Waals surface area contributed by atoms with Gasteiger partial charge in [0.2, 0.25) is 0 Å². The van der Waals surface area contributed by atoms with E-state index >= 15 is 0 Å². The quantitative estimate of drug-likeness (QED) is 0.467. The first-order valence-electron chi connectivity index (χ1n) is 2.00. The monoisotopic (exact) mass is 162 g/mol. The van der Waals surface area contributed by atoms with Gasteiger partial charge in [-0.05, 0) is 10.8 Å². The fourth-order valence-electron chi connectivity index (χ4n) is 0.461. The lowest BCUT2D eigenvalue weighted by Gasteiger charge is -1.81. The Hall–Kier alpha value is 0.130. The molecule has 0 aliphatic carbocycles. The maximum Gasteiger partial charge on any atom is 0.162 e. The lowest BCUT2D eigenvalue weighted by atomic mass is 10.8. The second-order valence-corrected chi connectivity index (χ2v) is 4.32. The molecule has 42 valence electrons. The number of hydrogen-bond acceptors (Lipinski definition) is 5. The topological polar surface area (TPSA) is 24.9 Å². The van der Waals surface area contributed by atoms with Gasteiger partial charge in [0, 0.05) is 11.0 Å². The predicted octanol–water partition coefficient (Wildman–Crippen LogP) is 2.22. The van der Waals surface area contributed by atoms with Crippen LogP contribution in [-0.2, 0) is 0 Å². The van der Waals surface area contributed by atoms with E-state index in [1.54, 1.807) is 33.1 Å². The van der Waals surface area contributed by atoms with Gasteiger partial charge in [0.05, 0.1) is 5.51 Å². The Labute approximate surface area is 58.6 Å². The molecule has 0 radical (unpaired) electrons. The lowest BCUT2D eigenvalue weighted by molar-refractivity contribution is 1.39. The van der Waals surface area contributed by atoms with Gasteiger partial charge < -0.3 is 4.72 Å². The molecule has 8 heavy (non-hydrogen) atoms. The number of fused-ring (bicyclic) bond motifs is 1. The summed E-state index contributed by atoms with van der Waals surface area (Å²) in [6, 6.07) is 0. The highest BCUT2D eigenvalue weighted by atomic mass is 33.1. The average molecular weight is 162 g/mol. The molecule has 0 fully saturated rings. The number of aromatic nitrogens is 1. The molecule has 0 atom stereocenters. The maximum absolute atomic E-state index is 4.06. The molecule has 0 spiro atoms. The van der Waals surface area contributed by atoms with E-state index in [-0.39, 0.29) is 0 Å². The minimum Gasteiger partial charge on any atom is -0.303 e. The van der Waals surface area contributed by atoms with Crippen LogP contribution in [0.2, 0.25) is 0 Å². The molecule has 1 aromatic rings. The average Bonchev–Trinajstić information content (AvgIpc) is 2.15. The summed E-state index contributed by atoms with van der Waals surface area (Å²) in [5.74, 6) is 1.03. The number of nitrogens with one attached hydrogen (secondary N) is 1. The van der Waals surface area contributed by atoms with Crippen molar-refractivity contribution < 1.29 is 0 Å². The maximum atomic E-state index is 4.06. The summed E-state index contributed by atoms with van der Waals surface area (Å²) < 4.78 is 4.35. The highest BCUT2D eigenvalue weighted by molar-refractivity contribution is 8.78. The van der Waals surface area contributed by atoms with Crippen LogP contribution in [0.5, 0.6) is 0 Å². The third kappa shape index (κ3) is 0.620. The van der Waals surface area contributed by atoms with E-state index in [2.05, 4.69) is 9.71 Å². The molecule has 1 aromatic heterocycles. The van der Waals surface area contributed by atoms with Gasteiger partial charge in [0.25, 0.3) is 0 Å². The van der Waals surface area contributed by atoms with Crippen molar-refractivity contribution >= 4 is 38.9 Å². The van der Waals surface area contributed by atoms with Crippen molar-refractivity contribution in [2.24, 2.45) is 0 Å². The molecule has 2 heterocycles. The first kappa shape index (κ1) is 4.96. The summed E-state index contributed by atoms with van der Waals surface area (Å²) in [4.78, 5) is 4.06. The molecule has 0 bridgehead atoms. The Kier molecular flexibility index (Phi) is 1.13. The molecule has 1 N–H and O–H groups in total. The third-order valence-corrected chi connectivity index (χ3v) is 3.97. The third-order valence-electron chi connectivity index (χ3n) is 0.791. The smallest absolute Gasteiger partial charge is 0.162 e. The minimum absolute atomic E-state index is 1.03. The van der Waals surface area contributed by atoms with Crippen LogP contribution in [0.1, 0.15) is 0 Å². The van der Waals surface area contributed by atoms with Crippen molar-refractivity contribution in [3.8, 4) is 0 Å². The van der Waals surface area contributed by atoms with Crippen molar-refractivity contribution in [2.45, 2.75) is 4.21 Å². The fourth-order valence-corrected chi connectivity index (χ4v) is 3.36. The van der Waals surface area contributed by atoms with E-state index in [4.69, 9.17) is 0 Å². The van der Waals surface area contributed by atoms with E-state index in [1.807, 2.05) is 5.51 Å². The molecule has 0 saturated carbocycles. The van der Waals surface area contributed by atoms with Gasteiger partial charge in [-0.15, -0.1) is 11.3 Å². The lowest BCUT2D eigenvalue weighted by Crippen LogP contribution is -1.75. The van der Waals surface area contributed by atoms with E-state index in [0.717, 1.165) is 5.82 Å². The first-order chi connectivity index (χ1) is 3.97. The highest BCUT2D eigenvalue weighted by Gasteiger charge is 2.13. The molecule has 1 aliphatic rings. The van der Waals surface area contributed by atoms with E-state index in [0.29, 0.717) is 0 Å². The number of nitrogens with zero attached hydrogens (tertiary/aromatic N) is 1. The Morgan fingerprint density at radius 1 is 1.62 bits per heavy atom. The van der Waals surface area contributed by atoms with Crippen molar-refractivity contribution in [1.29, 1.82) is 0 Å². The molecule has 5 heteroatoms. The Morgan fingerprint density at radius 3 is 3.50 bits per heavy atom. The molecular weight excluding hydrogens is 160 g/mol. The van der Waals surface area contributed by atoms with Crippen LogP contribution in [0.4, 0.5) is 5.82 Å². The Balaban J connectivity index is 2.54. The summed E-state index contributed by atoms with van der Waals surface area (Å²) in [5, 5.41) is 0. The largest absolute Gasteiger partial charge is 0.303 e. The standard InChI is InChI=1S/C3H2N2S3/c1-4-2-3(6-1)7-8-5-2/h1,5H. The van der Waals surface area contributed by atoms with Gasteiger partial charge in [0.15, 0.2) is 5.82 Å². The molecule has 1 aliphatic heterocycles. The van der Waals surface area contributed by atoms with Gasteiger partial charge in [0.1, 0.15) is 4.21 Å². The van der Waals surface area contributed by atoms with Crippen molar-refractivity contribution in [2.75, 3.05) is 4.72 Å². The van der Waals surface area contributed by atoms with Crippen LogP contribution in [-0.4, -0.2) is 4.98 Å². The second-order valence-electron chi connectivity index (χ2n) is 1.26. The van der Waals surface area contributed by atoms with Gasteiger partial charge in [-0.1, -0.05) is 0 Å². The van der Waals surface area contributed by atoms with Gasteiger partial charge >= 0.3 is 0 Å². The van der Waals surface area contributed by atoms with E-state index < -0.39 is 0 Å². The van der Waals surface area contributed by atoms with Crippen LogP contribution in [0.3, 0.4) is 0 Å². The van der Waals surface area contributed by atoms with E-state index in [9.17, 15) is 0 Å². The number of rotatable bonds is 0. The zero-order valence-electron chi connectivity index (χ0n) is 3.75. The zero-order chi connectivity index (χ0) is 5.40. The zero-order valence-corrected chi connectivity index (χ0v) is 6.20. The first-order valence-corrected chi connectivity index (χ1v) is 5.03. The fraction of sp³-hybridized carbons (Fsp3) is 0. The molecule has 2 rings (SSSR count). The highest BCUT2D eigenvalue weighted by Crippen LogP contribution is 2.45. The Morgan fingerprint density at radius 2 is 2.62 bits per heavy atom.